The number of carbonyl (C=O) groups is 2. The normalized spacial score (nSPS) is 10.5. The number of H-pyrrole nitrogens is 1. The van der Waals surface area contributed by atoms with Crippen molar-refractivity contribution in [3.8, 4) is 0 Å². The Labute approximate surface area is 108 Å². The van der Waals surface area contributed by atoms with Crippen LogP contribution in [-0.4, -0.2) is 28.5 Å². The molecule has 1 amide bonds. The second-order valence-electron chi connectivity index (χ2n) is 3.85. The molecule has 0 aliphatic rings. The largest absolute Gasteiger partial charge is 0.480 e. The molecule has 1 aromatic carbocycles. The Morgan fingerprint density at radius 3 is 2.89 bits per heavy atom. The van der Waals surface area contributed by atoms with Gasteiger partial charge in [-0.3, -0.25) is 9.59 Å². The number of carbonyl (C=O) groups excluding carboxylic acids is 1. The van der Waals surface area contributed by atoms with Crippen LogP contribution in [0.2, 0.25) is 5.02 Å². The first kappa shape index (κ1) is 12.4. The number of amides is 1. The maximum absolute atomic E-state index is 11.5. The molecule has 6 heteroatoms. The Morgan fingerprint density at radius 2 is 2.17 bits per heavy atom. The number of halogens is 1. The summed E-state index contributed by atoms with van der Waals surface area (Å²) in [5.41, 5.74) is 1.66. The number of carboxylic acids is 1. The summed E-state index contributed by atoms with van der Waals surface area (Å²) in [4.78, 5) is 24.9. The van der Waals surface area contributed by atoms with Gasteiger partial charge in [0.1, 0.15) is 6.54 Å². The first-order valence-electron chi connectivity index (χ1n) is 5.30. The highest BCUT2D eigenvalue weighted by molar-refractivity contribution is 6.31. The van der Waals surface area contributed by atoms with Crippen molar-refractivity contribution in [2.45, 2.75) is 6.42 Å². The van der Waals surface area contributed by atoms with Crippen LogP contribution in [0.15, 0.2) is 24.4 Å². The molecule has 0 bridgehead atoms. The maximum atomic E-state index is 11.5. The highest BCUT2D eigenvalue weighted by Crippen LogP contribution is 2.22. The minimum Gasteiger partial charge on any atom is -0.480 e. The van der Waals surface area contributed by atoms with Crippen LogP contribution in [0.3, 0.4) is 0 Å². The van der Waals surface area contributed by atoms with Crippen LogP contribution in [0.1, 0.15) is 5.56 Å². The molecule has 0 radical (unpaired) electrons. The van der Waals surface area contributed by atoms with E-state index < -0.39 is 5.97 Å². The van der Waals surface area contributed by atoms with E-state index in [-0.39, 0.29) is 18.9 Å². The lowest BCUT2D eigenvalue weighted by Gasteiger charge is -2.01. The van der Waals surface area contributed by atoms with E-state index in [2.05, 4.69) is 10.3 Å². The van der Waals surface area contributed by atoms with E-state index in [9.17, 15) is 9.59 Å². The number of carboxylic acid groups (broad SMARTS) is 1. The van der Waals surface area contributed by atoms with Gasteiger partial charge in [-0.25, -0.2) is 0 Å². The van der Waals surface area contributed by atoms with Crippen LogP contribution >= 0.6 is 11.6 Å². The van der Waals surface area contributed by atoms with E-state index in [0.29, 0.717) is 5.02 Å². The maximum Gasteiger partial charge on any atom is 0.322 e. The smallest absolute Gasteiger partial charge is 0.322 e. The average molecular weight is 267 g/mol. The van der Waals surface area contributed by atoms with Crippen molar-refractivity contribution in [2.24, 2.45) is 0 Å². The number of hydrogen-bond donors (Lipinski definition) is 3. The molecule has 0 aliphatic heterocycles. The van der Waals surface area contributed by atoms with Crippen LogP contribution in [-0.2, 0) is 16.0 Å². The molecule has 0 saturated heterocycles. The Bertz CT molecular complexity index is 606. The van der Waals surface area contributed by atoms with Gasteiger partial charge in [-0.2, -0.15) is 0 Å². The molecule has 18 heavy (non-hydrogen) atoms. The molecule has 3 N–H and O–H groups in total. The summed E-state index contributed by atoms with van der Waals surface area (Å²) in [6, 6.07) is 5.35. The van der Waals surface area contributed by atoms with Gasteiger partial charge in [0.2, 0.25) is 5.91 Å². The van der Waals surface area contributed by atoms with Gasteiger partial charge in [0.25, 0.3) is 0 Å². The summed E-state index contributed by atoms with van der Waals surface area (Å²) >= 11 is 5.85. The first-order valence-corrected chi connectivity index (χ1v) is 5.68. The summed E-state index contributed by atoms with van der Waals surface area (Å²) in [5, 5.41) is 12.3. The van der Waals surface area contributed by atoms with E-state index in [1.165, 1.54) is 0 Å². The monoisotopic (exact) mass is 266 g/mol. The lowest BCUT2D eigenvalue weighted by Crippen LogP contribution is -2.30. The fourth-order valence-corrected chi connectivity index (χ4v) is 1.89. The van der Waals surface area contributed by atoms with Crippen molar-refractivity contribution >= 4 is 34.4 Å². The van der Waals surface area contributed by atoms with Crippen LogP contribution in [0.4, 0.5) is 0 Å². The zero-order chi connectivity index (χ0) is 13.1. The van der Waals surface area contributed by atoms with E-state index >= 15 is 0 Å². The fourth-order valence-electron chi connectivity index (χ4n) is 1.71. The van der Waals surface area contributed by atoms with Gasteiger partial charge in [0, 0.05) is 22.1 Å². The molecule has 1 aromatic heterocycles. The van der Waals surface area contributed by atoms with Gasteiger partial charge in [-0.05, 0) is 17.7 Å². The highest BCUT2D eigenvalue weighted by atomic mass is 35.5. The zero-order valence-electron chi connectivity index (χ0n) is 9.37. The molecule has 2 rings (SSSR count). The number of nitrogens with one attached hydrogen (secondary N) is 2. The minimum atomic E-state index is -1.06. The van der Waals surface area contributed by atoms with Gasteiger partial charge in [-0.15, -0.1) is 0 Å². The highest BCUT2D eigenvalue weighted by Gasteiger charge is 2.09. The van der Waals surface area contributed by atoms with Crippen LogP contribution in [0, 0.1) is 0 Å². The van der Waals surface area contributed by atoms with Gasteiger partial charge in [0.05, 0.1) is 6.42 Å². The van der Waals surface area contributed by atoms with E-state index in [0.717, 1.165) is 16.5 Å². The predicted molar refractivity (Wildman–Crippen MR) is 67.7 cm³/mol. The number of hydrogen-bond acceptors (Lipinski definition) is 2. The molecule has 0 aliphatic carbocycles. The Morgan fingerprint density at radius 1 is 1.39 bits per heavy atom. The summed E-state index contributed by atoms with van der Waals surface area (Å²) in [5.74, 6) is -1.39. The van der Waals surface area contributed by atoms with Crippen molar-refractivity contribution < 1.29 is 14.7 Å². The number of benzene rings is 1. The number of aliphatic carboxylic acids is 1. The molecule has 0 saturated carbocycles. The molecular formula is C12H11ClN2O3. The summed E-state index contributed by atoms with van der Waals surface area (Å²) < 4.78 is 0. The molecule has 0 fully saturated rings. The molecule has 94 valence electrons. The third-order valence-electron chi connectivity index (χ3n) is 2.52. The summed E-state index contributed by atoms with van der Waals surface area (Å²) in [6.07, 6.45) is 1.86. The van der Waals surface area contributed by atoms with E-state index in [1.54, 1.807) is 18.3 Å². The lowest BCUT2D eigenvalue weighted by molar-refractivity contribution is -0.137. The van der Waals surface area contributed by atoms with Gasteiger partial charge < -0.3 is 15.4 Å². The minimum absolute atomic E-state index is 0.134. The summed E-state index contributed by atoms with van der Waals surface area (Å²) in [7, 11) is 0. The zero-order valence-corrected chi connectivity index (χ0v) is 10.1. The molecule has 0 atom stereocenters. The van der Waals surface area contributed by atoms with E-state index in [4.69, 9.17) is 16.7 Å². The second-order valence-corrected chi connectivity index (χ2v) is 4.29. The number of rotatable bonds is 4. The van der Waals surface area contributed by atoms with Crippen molar-refractivity contribution in [2.75, 3.05) is 6.54 Å². The van der Waals surface area contributed by atoms with Crippen molar-refractivity contribution in [1.29, 1.82) is 0 Å². The third kappa shape index (κ3) is 2.81. The van der Waals surface area contributed by atoms with Crippen molar-refractivity contribution in [1.82, 2.24) is 10.3 Å². The number of aromatic amines is 1. The lowest BCUT2D eigenvalue weighted by atomic mass is 10.1. The molecule has 5 nitrogen and oxygen atoms in total. The van der Waals surface area contributed by atoms with Gasteiger partial charge in [0.15, 0.2) is 0 Å². The topological polar surface area (TPSA) is 82.2 Å². The third-order valence-corrected chi connectivity index (χ3v) is 2.75. The SMILES string of the molecule is O=C(O)CNC(=O)Cc1c[nH]c2cc(Cl)ccc12. The Hall–Kier alpha value is -2.01. The van der Waals surface area contributed by atoms with Crippen LogP contribution < -0.4 is 5.32 Å². The fraction of sp³-hybridized carbons (Fsp3) is 0.167. The van der Waals surface area contributed by atoms with Gasteiger partial charge in [-0.1, -0.05) is 17.7 Å². The average Bonchev–Trinajstić information content (AvgIpc) is 2.69. The molecule has 0 spiro atoms. The van der Waals surface area contributed by atoms with E-state index in [1.807, 2.05) is 6.07 Å². The van der Waals surface area contributed by atoms with Gasteiger partial charge >= 0.3 is 5.97 Å². The standard InChI is InChI=1S/C12H11ClN2O3/c13-8-1-2-9-7(5-14-10(9)4-8)3-11(16)15-6-12(17)18/h1-2,4-5,14H,3,6H2,(H,15,16)(H,17,18). The second kappa shape index (κ2) is 5.10. The first-order chi connectivity index (χ1) is 8.56. The summed E-state index contributed by atoms with van der Waals surface area (Å²) in [6.45, 7) is -0.368. The van der Waals surface area contributed by atoms with Crippen molar-refractivity contribution in [3.63, 3.8) is 0 Å². The molecule has 0 unspecified atom stereocenters. The van der Waals surface area contributed by atoms with Crippen LogP contribution in [0.5, 0.6) is 0 Å². The molecular weight excluding hydrogens is 256 g/mol. The van der Waals surface area contributed by atoms with Crippen molar-refractivity contribution in [3.05, 3.63) is 35.0 Å². The Balaban J connectivity index is 2.12. The molecule has 2 aromatic rings. The quantitative estimate of drug-likeness (QED) is 0.785. The van der Waals surface area contributed by atoms with Crippen LogP contribution in [0.25, 0.3) is 10.9 Å². The Kier molecular flexibility index (Phi) is 3.53. The number of fused-ring (bicyclic) bond motifs is 1. The molecule has 1 heterocycles. The predicted octanol–water partition coefficient (Wildman–Crippen LogP) is 1.56. The number of aromatic nitrogens is 1.